The van der Waals surface area contributed by atoms with Gasteiger partial charge in [0.15, 0.2) is 5.75 Å². The van der Waals surface area contributed by atoms with Crippen molar-refractivity contribution in [1.29, 1.82) is 0 Å². The molecule has 2 aromatic heterocycles. The van der Waals surface area contributed by atoms with Gasteiger partial charge in [0.25, 0.3) is 0 Å². The predicted molar refractivity (Wildman–Crippen MR) is 107 cm³/mol. The Balaban J connectivity index is 1.96. The fourth-order valence-electron chi connectivity index (χ4n) is 2.98. The lowest BCUT2D eigenvalue weighted by atomic mass is 10.1. The highest BCUT2D eigenvalue weighted by molar-refractivity contribution is 7.21. The van der Waals surface area contributed by atoms with Crippen molar-refractivity contribution in [3.63, 3.8) is 0 Å². The first kappa shape index (κ1) is 20.3. The first-order chi connectivity index (χ1) is 13.1. The Hall–Kier alpha value is -2.39. The van der Waals surface area contributed by atoms with Gasteiger partial charge in [0.2, 0.25) is 0 Å². The molecule has 0 aliphatic carbocycles. The third kappa shape index (κ3) is 4.05. The third-order valence-electron chi connectivity index (χ3n) is 4.28. The van der Waals surface area contributed by atoms with Gasteiger partial charge in [0, 0.05) is 24.0 Å². The van der Waals surface area contributed by atoms with Gasteiger partial charge in [-0.2, -0.15) is 0 Å². The molecule has 8 nitrogen and oxygen atoms in total. The summed E-state index contributed by atoms with van der Waals surface area (Å²) in [6.45, 7) is 10.9. The maximum Gasteiger partial charge on any atom is 0.415 e. The van der Waals surface area contributed by atoms with Gasteiger partial charge in [-0.1, -0.05) is 0 Å². The van der Waals surface area contributed by atoms with E-state index < -0.39 is 17.7 Å². The van der Waals surface area contributed by atoms with Gasteiger partial charge in [0.05, 0.1) is 24.6 Å². The molecule has 1 saturated heterocycles. The van der Waals surface area contributed by atoms with Gasteiger partial charge in [-0.05, 0) is 34.6 Å². The number of nitrogens with zero attached hydrogens (tertiary/aromatic N) is 2. The normalized spacial score (nSPS) is 15.0. The number of esters is 1. The zero-order chi connectivity index (χ0) is 20.6. The molecule has 0 bridgehead atoms. The molecule has 0 aromatic carbocycles. The minimum absolute atomic E-state index is 0.294. The fraction of sp³-hybridized carbons (Fsp3) is 0.526. The molecule has 1 fully saturated rings. The monoisotopic (exact) mass is 407 g/mol. The van der Waals surface area contributed by atoms with Gasteiger partial charge >= 0.3 is 12.1 Å². The number of rotatable bonds is 2. The number of anilines is 1. The SMILES string of the molecule is Cc1nc2sc(C(=O)OC(C)(C)C)c(N)c2c(C)c1OC(=O)N1CCOCC1. The van der Waals surface area contributed by atoms with E-state index in [-0.39, 0.29) is 0 Å². The quantitative estimate of drug-likeness (QED) is 0.762. The molecule has 0 unspecified atom stereocenters. The number of aromatic nitrogens is 1. The van der Waals surface area contributed by atoms with E-state index in [0.29, 0.717) is 64.1 Å². The summed E-state index contributed by atoms with van der Waals surface area (Å²) >= 11 is 1.18. The topological polar surface area (TPSA) is 104 Å². The number of amides is 1. The minimum atomic E-state index is -0.628. The zero-order valence-electron chi connectivity index (χ0n) is 16.7. The number of thiophene rings is 1. The number of carbonyl (C=O) groups excluding carboxylic acids is 2. The third-order valence-corrected chi connectivity index (χ3v) is 5.36. The standard InChI is InChI=1S/C19H25N3O5S/c1-10-12-13(20)15(17(23)27-19(3,4)5)28-16(12)21-11(2)14(10)26-18(24)22-6-8-25-9-7-22/h6-9,20H2,1-5H3. The summed E-state index contributed by atoms with van der Waals surface area (Å²) in [7, 11) is 0. The van der Waals surface area contributed by atoms with Gasteiger partial charge in [-0.15, -0.1) is 11.3 Å². The van der Waals surface area contributed by atoms with E-state index in [1.165, 1.54) is 11.3 Å². The highest BCUT2D eigenvalue weighted by atomic mass is 32.1. The van der Waals surface area contributed by atoms with Crippen LogP contribution >= 0.6 is 11.3 Å². The number of fused-ring (bicyclic) bond motifs is 1. The molecule has 1 aliphatic heterocycles. The van der Waals surface area contributed by atoms with E-state index in [4.69, 9.17) is 19.9 Å². The van der Waals surface area contributed by atoms with Gasteiger partial charge < -0.3 is 24.8 Å². The second kappa shape index (κ2) is 7.56. The minimum Gasteiger partial charge on any atom is -0.456 e. The van der Waals surface area contributed by atoms with Crippen LogP contribution in [0.3, 0.4) is 0 Å². The van der Waals surface area contributed by atoms with Crippen molar-refractivity contribution in [2.45, 2.75) is 40.2 Å². The van der Waals surface area contributed by atoms with Crippen LogP contribution in [-0.4, -0.2) is 53.9 Å². The number of pyridine rings is 1. The Morgan fingerprint density at radius 3 is 2.46 bits per heavy atom. The van der Waals surface area contributed by atoms with Crippen molar-refractivity contribution >= 4 is 39.3 Å². The van der Waals surface area contributed by atoms with Crippen LogP contribution in [0.1, 0.15) is 41.7 Å². The molecule has 1 amide bonds. The molecular formula is C19H25N3O5S. The van der Waals surface area contributed by atoms with E-state index in [0.717, 1.165) is 0 Å². The molecule has 28 heavy (non-hydrogen) atoms. The maximum absolute atomic E-state index is 12.5. The summed E-state index contributed by atoms with van der Waals surface area (Å²) in [5.74, 6) is -0.124. The molecule has 2 aromatic rings. The smallest absolute Gasteiger partial charge is 0.415 e. The number of hydrogen-bond acceptors (Lipinski definition) is 8. The van der Waals surface area contributed by atoms with Gasteiger partial charge in [0.1, 0.15) is 15.3 Å². The number of carbonyl (C=O) groups is 2. The van der Waals surface area contributed by atoms with Crippen molar-refractivity contribution in [3.8, 4) is 5.75 Å². The summed E-state index contributed by atoms with van der Waals surface area (Å²) < 4.78 is 16.3. The number of morpholine rings is 1. The maximum atomic E-state index is 12.5. The lowest BCUT2D eigenvalue weighted by Crippen LogP contribution is -2.42. The first-order valence-corrected chi connectivity index (χ1v) is 9.87. The molecule has 3 rings (SSSR count). The van der Waals surface area contributed by atoms with Crippen LogP contribution in [0, 0.1) is 13.8 Å². The highest BCUT2D eigenvalue weighted by Gasteiger charge is 2.27. The Morgan fingerprint density at radius 2 is 1.86 bits per heavy atom. The molecule has 1 aliphatic rings. The first-order valence-electron chi connectivity index (χ1n) is 9.05. The van der Waals surface area contributed by atoms with E-state index in [2.05, 4.69) is 4.98 Å². The zero-order valence-corrected chi connectivity index (χ0v) is 17.6. The van der Waals surface area contributed by atoms with Crippen LogP contribution in [0.5, 0.6) is 5.75 Å². The van der Waals surface area contributed by atoms with Crippen LogP contribution < -0.4 is 10.5 Å². The summed E-state index contributed by atoms with van der Waals surface area (Å²) in [4.78, 5) is 32.0. The molecule has 2 N–H and O–H groups in total. The Bertz CT molecular complexity index is 926. The van der Waals surface area contributed by atoms with E-state index in [9.17, 15) is 9.59 Å². The highest BCUT2D eigenvalue weighted by Crippen LogP contribution is 2.40. The molecular weight excluding hydrogens is 382 g/mol. The van der Waals surface area contributed by atoms with Crippen molar-refractivity contribution in [2.75, 3.05) is 32.0 Å². The average Bonchev–Trinajstić information content (AvgIpc) is 2.94. The van der Waals surface area contributed by atoms with Crippen molar-refractivity contribution in [3.05, 3.63) is 16.1 Å². The average molecular weight is 407 g/mol. The summed E-state index contributed by atoms with van der Waals surface area (Å²) in [5, 5.41) is 0.612. The summed E-state index contributed by atoms with van der Waals surface area (Å²) in [6, 6.07) is 0. The van der Waals surface area contributed by atoms with Crippen LogP contribution in [0.2, 0.25) is 0 Å². The second-order valence-corrected chi connectivity index (χ2v) is 8.64. The van der Waals surface area contributed by atoms with E-state index in [1.807, 2.05) is 0 Å². The lowest BCUT2D eigenvalue weighted by Gasteiger charge is -2.26. The summed E-state index contributed by atoms with van der Waals surface area (Å²) in [5.41, 5.74) is 7.15. The number of hydrogen-bond donors (Lipinski definition) is 1. The molecule has 3 heterocycles. The van der Waals surface area contributed by atoms with Crippen LogP contribution in [-0.2, 0) is 9.47 Å². The Labute approximate surface area is 167 Å². The van der Waals surface area contributed by atoms with Crippen LogP contribution in [0.25, 0.3) is 10.2 Å². The number of nitrogens with two attached hydrogens (primary N) is 1. The molecule has 9 heteroatoms. The van der Waals surface area contributed by atoms with Crippen LogP contribution in [0.15, 0.2) is 0 Å². The fourth-order valence-corrected chi connectivity index (χ4v) is 4.06. The van der Waals surface area contributed by atoms with E-state index >= 15 is 0 Å². The molecule has 0 saturated carbocycles. The molecule has 0 spiro atoms. The Kier molecular flexibility index (Phi) is 5.49. The van der Waals surface area contributed by atoms with Gasteiger partial charge in [-0.25, -0.2) is 14.6 Å². The predicted octanol–water partition coefficient (Wildman–Crippen LogP) is 3.28. The second-order valence-electron chi connectivity index (χ2n) is 7.65. The largest absolute Gasteiger partial charge is 0.456 e. The molecule has 0 atom stereocenters. The Morgan fingerprint density at radius 1 is 1.21 bits per heavy atom. The van der Waals surface area contributed by atoms with Gasteiger partial charge in [-0.3, -0.25) is 0 Å². The van der Waals surface area contributed by atoms with Crippen molar-refractivity contribution in [1.82, 2.24) is 9.88 Å². The van der Waals surface area contributed by atoms with Crippen molar-refractivity contribution in [2.24, 2.45) is 0 Å². The number of aryl methyl sites for hydroxylation is 2. The van der Waals surface area contributed by atoms with E-state index in [1.54, 1.807) is 39.5 Å². The number of nitrogen functional groups attached to an aromatic ring is 1. The molecule has 152 valence electrons. The summed E-state index contributed by atoms with van der Waals surface area (Å²) in [6.07, 6.45) is -0.447. The number of ether oxygens (including phenoxy) is 3. The lowest BCUT2D eigenvalue weighted by molar-refractivity contribution is 0.00763. The molecule has 0 radical (unpaired) electrons. The van der Waals surface area contributed by atoms with Crippen molar-refractivity contribution < 1.29 is 23.8 Å². The van der Waals surface area contributed by atoms with Crippen LogP contribution in [0.4, 0.5) is 10.5 Å².